The summed E-state index contributed by atoms with van der Waals surface area (Å²) in [6.07, 6.45) is 8.06. The molecule has 0 bridgehead atoms. The largest absolute Gasteiger partial charge is 0.425 e. The van der Waals surface area contributed by atoms with Crippen molar-refractivity contribution in [2.45, 2.75) is 78.2 Å². The summed E-state index contributed by atoms with van der Waals surface area (Å²) < 4.78 is 5.64. The van der Waals surface area contributed by atoms with Crippen molar-refractivity contribution in [1.29, 1.82) is 0 Å². The lowest BCUT2D eigenvalue weighted by atomic mass is 10.1. The molecule has 0 spiro atoms. The Morgan fingerprint density at radius 2 is 1.58 bits per heavy atom. The Bertz CT molecular complexity index is 341. The standard InChI is InChI=1S/C15H29N3O/c1-5-6-7-8-9-10-13-17-18-14(19-13)11-12-16-15(2,3)4/h16H,5-12H2,1-4H3. The zero-order valence-electron chi connectivity index (χ0n) is 13.0. The third-order valence-corrected chi connectivity index (χ3v) is 3.00. The second-order valence-electron chi connectivity index (χ2n) is 6.18. The lowest BCUT2D eigenvalue weighted by Crippen LogP contribution is -2.37. The molecule has 1 rings (SSSR count). The van der Waals surface area contributed by atoms with Gasteiger partial charge in [0, 0.05) is 24.9 Å². The van der Waals surface area contributed by atoms with Crippen molar-refractivity contribution in [1.82, 2.24) is 15.5 Å². The van der Waals surface area contributed by atoms with E-state index in [1.165, 1.54) is 25.7 Å². The summed E-state index contributed by atoms with van der Waals surface area (Å²) in [5.74, 6) is 1.54. The summed E-state index contributed by atoms with van der Waals surface area (Å²) in [6.45, 7) is 9.57. The van der Waals surface area contributed by atoms with E-state index in [1.54, 1.807) is 0 Å². The molecule has 0 atom stereocenters. The molecule has 0 radical (unpaired) electrons. The van der Waals surface area contributed by atoms with Crippen LogP contribution in [0.1, 0.15) is 71.6 Å². The Balaban J connectivity index is 2.17. The third-order valence-electron chi connectivity index (χ3n) is 3.00. The molecule has 4 nitrogen and oxygen atoms in total. The SMILES string of the molecule is CCCCCCCc1nnc(CCNC(C)(C)C)o1. The van der Waals surface area contributed by atoms with E-state index in [2.05, 4.69) is 43.2 Å². The van der Waals surface area contributed by atoms with E-state index in [-0.39, 0.29) is 5.54 Å². The number of hydrogen-bond donors (Lipinski definition) is 1. The molecule has 1 N–H and O–H groups in total. The molecule has 0 aliphatic rings. The van der Waals surface area contributed by atoms with Crippen LogP contribution in [0, 0.1) is 0 Å². The van der Waals surface area contributed by atoms with Gasteiger partial charge in [-0.1, -0.05) is 32.6 Å². The highest BCUT2D eigenvalue weighted by Gasteiger charge is 2.10. The normalized spacial score (nSPS) is 12.0. The molecule has 0 aromatic carbocycles. The van der Waals surface area contributed by atoms with Gasteiger partial charge in [0.1, 0.15) is 0 Å². The summed E-state index contributed by atoms with van der Waals surface area (Å²) in [4.78, 5) is 0. The second kappa shape index (κ2) is 8.31. The zero-order chi connectivity index (χ0) is 14.1. The molecule has 19 heavy (non-hydrogen) atoms. The minimum absolute atomic E-state index is 0.141. The molecular weight excluding hydrogens is 238 g/mol. The van der Waals surface area contributed by atoms with Gasteiger partial charge in [0.25, 0.3) is 0 Å². The molecule has 1 aromatic rings. The van der Waals surface area contributed by atoms with Gasteiger partial charge in [0.2, 0.25) is 11.8 Å². The van der Waals surface area contributed by atoms with Gasteiger partial charge < -0.3 is 9.73 Å². The maximum Gasteiger partial charge on any atom is 0.217 e. The average molecular weight is 267 g/mol. The van der Waals surface area contributed by atoms with Gasteiger partial charge in [-0.25, -0.2) is 0 Å². The molecule has 0 aliphatic carbocycles. The number of hydrogen-bond acceptors (Lipinski definition) is 4. The predicted octanol–water partition coefficient (Wildman–Crippen LogP) is 3.51. The number of unbranched alkanes of at least 4 members (excludes halogenated alkanes) is 4. The fraction of sp³-hybridized carbons (Fsp3) is 0.867. The molecule has 0 saturated heterocycles. The zero-order valence-corrected chi connectivity index (χ0v) is 13.0. The molecule has 0 saturated carbocycles. The van der Waals surface area contributed by atoms with E-state index in [4.69, 9.17) is 4.42 Å². The van der Waals surface area contributed by atoms with Gasteiger partial charge in [-0.3, -0.25) is 0 Å². The van der Waals surface area contributed by atoms with Crippen LogP contribution < -0.4 is 5.32 Å². The Hall–Kier alpha value is -0.900. The molecule has 0 amide bonds. The van der Waals surface area contributed by atoms with E-state index < -0.39 is 0 Å². The van der Waals surface area contributed by atoms with Gasteiger partial charge in [-0.2, -0.15) is 0 Å². The van der Waals surface area contributed by atoms with Crippen LogP contribution in [0.3, 0.4) is 0 Å². The molecule has 0 unspecified atom stereocenters. The number of aromatic nitrogens is 2. The molecule has 0 fully saturated rings. The van der Waals surface area contributed by atoms with Gasteiger partial charge >= 0.3 is 0 Å². The summed E-state index contributed by atoms with van der Waals surface area (Å²) >= 11 is 0. The molecule has 1 aromatic heterocycles. The van der Waals surface area contributed by atoms with Crippen LogP contribution in [0.5, 0.6) is 0 Å². The number of nitrogens with zero attached hydrogens (tertiary/aromatic N) is 2. The topological polar surface area (TPSA) is 51.0 Å². The van der Waals surface area contributed by atoms with Crippen molar-refractivity contribution >= 4 is 0 Å². The lowest BCUT2D eigenvalue weighted by Gasteiger charge is -2.19. The van der Waals surface area contributed by atoms with Crippen LogP contribution in [-0.4, -0.2) is 22.3 Å². The van der Waals surface area contributed by atoms with Crippen LogP contribution in [0.2, 0.25) is 0 Å². The van der Waals surface area contributed by atoms with Crippen molar-refractivity contribution in [2.24, 2.45) is 0 Å². The van der Waals surface area contributed by atoms with Gasteiger partial charge in [0.05, 0.1) is 0 Å². The van der Waals surface area contributed by atoms with Gasteiger partial charge in [-0.15, -0.1) is 10.2 Å². The van der Waals surface area contributed by atoms with Crippen molar-refractivity contribution in [2.75, 3.05) is 6.54 Å². The minimum atomic E-state index is 0.141. The lowest BCUT2D eigenvalue weighted by molar-refractivity contribution is 0.399. The van der Waals surface area contributed by atoms with Crippen LogP contribution in [0.4, 0.5) is 0 Å². The van der Waals surface area contributed by atoms with Crippen molar-refractivity contribution in [3.63, 3.8) is 0 Å². The Morgan fingerprint density at radius 1 is 0.947 bits per heavy atom. The average Bonchev–Trinajstić information content (AvgIpc) is 2.75. The van der Waals surface area contributed by atoms with Crippen LogP contribution in [-0.2, 0) is 12.8 Å². The second-order valence-corrected chi connectivity index (χ2v) is 6.18. The van der Waals surface area contributed by atoms with Crippen molar-refractivity contribution in [3.8, 4) is 0 Å². The first-order valence-electron chi connectivity index (χ1n) is 7.57. The third kappa shape index (κ3) is 7.98. The van der Waals surface area contributed by atoms with Crippen molar-refractivity contribution < 1.29 is 4.42 Å². The summed E-state index contributed by atoms with van der Waals surface area (Å²) in [5, 5.41) is 11.6. The van der Waals surface area contributed by atoms with E-state index >= 15 is 0 Å². The fourth-order valence-electron chi connectivity index (χ4n) is 1.91. The first-order chi connectivity index (χ1) is 9.01. The van der Waals surface area contributed by atoms with E-state index in [0.717, 1.165) is 37.6 Å². The summed E-state index contributed by atoms with van der Waals surface area (Å²) in [5.41, 5.74) is 0.141. The van der Waals surface area contributed by atoms with Crippen molar-refractivity contribution in [3.05, 3.63) is 11.8 Å². The van der Waals surface area contributed by atoms with Crippen LogP contribution in [0.25, 0.3) is 0 Å². The van der Waals surface area contributed by atoms with Gasteiger partial charge in [-0.05, 0) is 27.2 Å². The van der Waals surface area contributed by atoms with E-state index in [0.29, 0.717) is 0 Å². The number of rotatable bonds is 9. The maximum absolute atomic E-state index is 5.64. The molecule has 1 heterocycles. The first kappa shape index (κ1) is 16.2. The van der Waals surface area contributed by atoms with Crippen LogP contribution >= 0.6 is 0 Å². The molecule has 110 valence electrons. The van der Waals surface area contributed by atoms with E-state index in [9.17, 15) is 0 Å². The fourth-order valence-corrected chi connectivity index (χ4v) is 1.91. The quantitative estimate of drug-likeness (QED) is 0.696. The summed E-state index contributed by atoms with van der Waals surface area (Å²) in [7, 11) is 0. The number of nitrogens with one attached hydrogen (secondary N) is 1. The number of aryl methyl sites for hydroxylation is 1. The Morgan fingerprint density at radius 3 is 2.21 bits per heavy atom. The van der Waals surface area contributed by atoms with Crippen LogP contribution in [0.15, 0.2) is 4.42 Å². The molecule has 0 aliphatic heterocycles. The highest BCUT2D eigenvalue weighted by Crippen LogP contribution is 2.08. The highest BCUT2D eigenvalue weighted by atomic mass is 16.4. The monoisotopic (exact) mass is 267 g/mol. The van der Waals surface area contributed by atoms with E-state index in [1.807, 2.05) is 0 Å². The minimum Gasteiger partial charge on any atom is -0.425 e. The smallest absolute Gasteiger partial charge is 0.217 e. The highest BCUT2D eigenvalue weighted by molar-refractivity contribution is 4.84. The Labute approximate surface area is 117 Å². The maximum atomic E-state index is 5.64. The van der Waals surface area contributed by atoms with Gasteiger partial charge in [0.15, 0.2) is 0 Å². The first-order valence-corrected chi connectivity index (χ1v) is 7.57. The summed E-state index contributed by atoms with van der Waals surface area (Å²) in [6, 6.07) is 0. The predicted molar refractivity (Wildman–Crippen MR) is 78.2 cm³/mol. The Kier molecular flexibility index (Phi) is 7.06. The molecule has 4 heteroatoms. The molecular formula is C15H29N3O.